The minimum atomic E-state index is -0.576. The van der Waals surface area contributed by atoms with E-state index in [0.717, 1.165) is 11.1 Å². The molecule has 0 saturated heterocycles. The summed E-state index contributed by atoms with van der Waals surface area (Å²) >= 11 is 0. The number of hydrogen-bond acceptors (Lipinski definition) is 8. The molecular weight excluding hydrogens is 584 g/mol. The predicted molar refractivity (Wildman–Crippen MR) is 175 cm³/mol. The molecule has 4 aromatic carbocycles. The second-order valence-corrected chi connectivity index (χ2v) is 14.7. The molecule has 4 aromatic rings. The highest BCUT2D eigenvalue weighted by Gasteiger charge is 2.54. The topological polar surface area (TPSA) is 140 Å². The van der Waals surface area contributed by atoms with E-state index in [1.165, 1.54) is 26.4 Å². The Labute approximate surface area is 269 Å². The number of rotatable bonds is 4. The Morgan fingerprint density at radius 1 is 0.500 bits per heavy atom. The molecule has 6 rings (SSSR count). The van der Waals surface area contributed by atoms with Crippen molar-refractivity contribution in [1.82, 2.24) is 0 Å². The lowest BCUT2D eigenvalue weighted by Gasteiger charge is -2.41. The molecule has 0 radical (unpaired) electrons. The monoisotopic (exact) mass is 626 g/mol. The van der Waals surface area contributed by atoms with Gasteiger partial charge in [-0.2, -0.15) is 0 Å². The zero-order chi connectivity index (χ0) is 33.6. The number of ether oxygens (including phenoxy) is 2. The van der Waals surface area contributed by atoms with Gasteiger partial charge in [-0.3, -0.25) is 0 Å². The van der Waals surface area contributed by atoms with Gasteiger partial charge in [-0.1, -0.05) is 53.7 Å². The van der Waals surface area contributed by atoms with Crippen molar-refractivity contribution in [3.8, 4) is 46.0 Å². The van der Waals surface area contributed by atoms with E-state index in [4.69, 9.17) is 9.47 Å². The van der Waals surface area contributed by atoms with Crippen LogP contribution in [0.25, 0.3) is 0 Å². The number of phenolic OH excluding ortho intramolecular Hbond substituents is 6. The van der Waals surface area contributed by atoms with Crippen molar-refractivity contribution in [3.05, 3.63) is 93.0 Å². The van der Waals surface area contributed by atoms with E-state index in [1.54, 1.807) is 24.3 Å². The lowest BCUT2D eigenvalue weighted by molar-refractivity contribution is 0.359. The molecule has 6 N–H and O–H groups in total. The van der Waals surface area contributed by atoms with Crippen LogP contribution in [0.2, 0.25) is 0 Å². The molecule has 8 heteroatoms. The fourth-order valence-corrected chi connectivity index (χ4v) is 7.85. The average Bonchev–Trinajstić information content (AvgIpc) is 3.22. The zero-order valence-corrected chi connectivity index (χ0v) is 27.4. The maximum absolute atomic E-state index is 11.6. The molecule has 46 heavy (non-hydrogen) atoms. The molecule has 0 aliphatic heterocycles. The van der Waals surface area contributed by atoms with Crippen molar-refractivity contribution in [1.29, 1.82) is 0 Å². The van der Waals surface area contributed by atoms with Crippen LogP contribution >= 0.6 is 0 Å². The van der Waals surface area contributed by atoms with E-state index in [0.29, 0.717) is 39.1 Å². The fraction of sp³-hybridized carbons (Fsp3) is 0.368. The standard InChI is InChI=1S/C38H42O8/c1-37(2,3)23-9-17(11-27(45-7)35(23)43)29-31-21(13-19(39)15-25(31)41)34-30(33(29)22-14-20(40)16-26(42)32(22)34)18-10-24(38(4,5)6)36(44)28(12-18)46-8/h9-16,29-30,33-34,39-44H,1-8H3/t29-,30?,33+,34-/m0/s1. The summed E-state index contributed by atoms with van der Waals surface area (Å²) in [6.07, 6.45) is 0. The molecule has 0 fully saturated rings. The van der Waals surface area contributed by atoms with Gasteiger partial charge in [-0.15, -0.1) is 0 Å². The predicted octanol–water partition coefficient (Wildman–Crippen LogP) is 7.69. The molecular formula is C38H42O8. The third-order valence-electron chi connectivity index (χ3n) is 9.77. The van der Waals surface area contributed by atoms with Crippen molar-refractivity contribution in [2.75, 3.05) is 14.2 Å². The minimum absolute atomic E-state index is 0.0272. The second kappa shape index (κ2) is 10.4. The van der Waals surface area contributed by atoms with Crippen LogP contribution in [0.1, 0.15) is 110 Å². The molecule has 2 aliphatic carbocycles. The van der Waals surface area contributed by atoms with Crippen molar-refractivity contribution < 1.29 is 40.1 Å². The van der Waals surface area contributed by atoms with E-state index in [-0.39, 0.29) is 40.2 Å². The first-order valence-electron chi connectivity index (χ1n) is 15.4. The Balaban J connectivity index is 1.76. The summed E-state index contributed by atoms with van der Waals surface area (Å²) in [5.41, 5.74) is 4.46. The van der Waals surface area contributed by atoms with Crippen LogP contribution in [0.15, 0.2) is 48.5 Å². The Morgan fingerprint density at radius 2 is 0.935 bits per heavy atom. The largest absolute Gasteiger partial charge is 0.508 e. The number of hydrogen-bond donors (Lipinski definition) is 6. The summed E-state index contributed by atoms with van der Waals surface area (Å²) in [5, 5.41) is 67.1. The number of benzene rings is 4. The van der Waals surface area contributed by atoms with Gasteiger partial charge >= 0.3 is 0 Å². The highest BCUT2D eigenvalue weighted by molar-refractivity contribution is 5.70. The van der Waals surface area contributed by atoms with Crippen LogP contribution in [0.4, 0.5) is 0 Å². The summed E-state index contributed by atoms with van der Waals surface area (Å²) in [6, 6.07) is 13.4. The molecule has 2 aliphatic rings. The maximum atomic E-state index is 11.6. The van der Waals surface area contributed by atoms with Crippen molar-refractivity contribution in [2.24, 2.45) is 0 Å². The van der Waals surface area contributed by atoms with E-state index >= 15 is 0 Å². The van der Waals surface area contributed by atoms with Gasteiger partial charge in [0.05, 0.1) is 14.2 Å². The van der Waals surface area contributed by atoms with Gasteiger partial charge < -0.3 is 40.1 Å². The van der Waals surface area contributed by atoms with Crippen LogP contribution in [0.5, 0.6) is 46.0 Å². The molecule has 0 saturated carbocycles. The highest BCUT2D eigenvalue weighted by atomic mass is 16.5. The third-order valence-corrected chi connectivity index (χ3v) is 9.77. The van der Waals surface area contributed by atoms with Crippen molar-refractivity contribution >= 4 is 0 Å². The lowest BCUT2D eigenvalue weighted by Crippen LogP contribution is -2.27. The van der Waals surface area contributed by atoms with E-state index < -0.39 is 34.5 Å². The molecule has 0 amide bonds. The first-order chi connectivity index (χ1) is 21.5. The fourth-order valence-electron chi connectivity index (χ4n) is 7.85. The van der Waals surface area contributed by atoms with Crippen molar-refractivity contribution in [3.63, 3.8) is 0 Å². The van der Waals surface area contributed by atoms with Gasteiger partial charge in [-0.25, -0.2) is 0 Å². The summed E-state index contributed by atoms with van der Waals surface area (Å²) in [7, 11) is 3.00. The Kier molecular flexibility index (Phi) is 7.07. The second-order valence-electron chi connectivity index (χ2n) is 14.7. The molecule has 0 spiro atoms. The van der Waals surface area contributed by atoms with Gasteiger partial charge in [0.1, 0.15) is 23.0 Å². The zero-order valence-electron chi connectivity index (χ0n) is 27.4. The van der Waals surface area contributed by atoms with Gasteiger partial charge in [0.15, 0.2) is 23.0 Å². The number of phenols is 6. The van der Waals surface area contributed by atoms with Gasteiger partial charge in [-0.05, 0) is 57.3 Å². The smallest absolute Gasteiger partial charge is 0.161 e. The first-order valence-corrected chi connectivity index (χ1v) is 15.4. The number of fused-ring (bicyclic) bond motifs is 7. The average molecular weight is 627 g/mol. The molecule has 1 unspecified atom stereocenters. The van der Waals surface area contributed by atoms with Crippen LogP contribution < -0.4 is 9.47 Å². The quantitative estimate of drug-likeness (QED) is 0.136. The van der Waals surface area contributed by atoms with E-state index in [9.17, 15) is 30.6 Å². The van der Waals surface area contributed by atoms with Crippen molar-refractivity contribution in [2.45, 2.75) is 76.0 Å². The molecule has 242 valence electrons. The highest BCUT2D eigenvalue weighted by Crippen LogP contribution is 2.69. The normalized spacial score (nSPS) is 20.3. The SMILES string of the molecule is COc1cc(C2[C@@H]3c4cc(O)cc(O)c4[C@H](c4cc(OC)c(O)c(C(C)(C)C)c4)[C@H]2c2cc(O)cc(O)c23)cc(C(C)(C)C)c1O. The minimum Gasteiger partial charge on any atom is -0.508 e. The summed E-state index contributed by atoms with van der Waals surface area (Å²) in [5.74, 6) is -1.73. The van der Waals surface area contributed by atoms with E-state index in [2.05, 4.69) is 0 Å². The van der Waals surface area contributed by atoms with E-state index in [1.807, 2.05) is 53.7 Å². The van der Waals surface area contributed by atoms with Crippen LogP contribution in [-0.2, 0) is 10.8 Å². The summed E-state index contributed by atoms with van der Waals surface area (Å²) < 4.78 is 11.3. The first kappa shape index (κ1) is 31.3. The Morgan fingerprint density at radius 3 is 1.41 bits per heavy atom. The molecule has 0 aromatic heterocycles. The van der Waals surface area contributed by atoms with Gasteiger partial charge in [0, 0.05) is 58.1 Å². The van der Waals surface area contributed by atoms with Gasteiger partial charge in [0.25, 0.3) is 0 Å². The van der Waals surface area contributed by atoms with Gasteiger partial charge in [0.2, 0.25) is 0 Å². The van der Waals surface area contributed by atoms with Crippen LogP contribution in [0.3, 0.4) is 0 Å². The number of aromatic hydroxyl groups is 6. The number of methoxy groups -OCH3 is 2. The Hall–Kier alpha value is -4.72. The lowest BCUT2D eigenvalue weighted by atomic mass is 9.62. The Bertz CT molecular complexity index is 1880. The third kappa shape index (κ3) is 4.65. The molecule has 8 nitrogen and oxygen atoms in total. The van der Waals surface area contributed by atoms with Crippen LogP contribution in [-0.4, -0.2) is 44.9 Å². The summed E-state index contributed by atoms with van der Waals surface area (Å²) in [6.45, 7) is 12.0. The molecule has 4 atom stereocenters. The molecule has 0 heterocycles. The maximum Gasteiger partial charge on any atom is 0.161 e. The summed E-state index contributed by atoms with van der Waals surface area (Å²) in [4.78, 5) is 0. The van der Waals surface area contributed by atoms with Crippen LogP contribution in [0, 0.1) is 0 Å². The molecule has 2 bridgehead atoms.